The number of nitrogens with zero attached hydrogens (tertiary/aromatic N) is 1. The zero-order valence-electron chi connectivity index (χ0n) is 11.5. The van der Waals surface area contributed by atoms with Crippen LogP contribution in [0, 0.1) is 5.82 Å². The topological polar surface area (TPSA) is 85.1 Å². The molecule has 1 heterocycles. The molecule has 1 atom stereocenters. The number of sulfonamides is 1. The highest BCUT2D eigenvalue weighted by Gasteiger charge is 2.20. The molecule has 2 aromatic rings. The predicted molar refractivity (Wildman–Crippen MR) is 78.5 cm³/mol. The third-order valence-corrected chi connectivity index (χ3v) is 4.54. The van der Waals surface area contributed by atoms with Gasteiger partial charge in [0.15, 0.2) is 0 Å². The number of aromatic nitrogens is 1. The highest BCUT2D eigenvalue weighted by Crippen LogP contribution is 2.15. The van der Waals surface area contributed by atoms with Crippen molar-refractivity contribution in [2.75, 3.05) is 5.73 Å². The average Bonchev–Trinajstić information content (AvgIpc) is 2.41. The van der Waals surface area contributed by atoms with Crippen LogP contribution in [0.5, 0.6) is 0 Å². The largest absolute Gasteiger partial charge is 0.383 e. The SMILES string of the molecule is CC(Cc1ccc(F)cc1)NS(=O)(=O)c1cccnc1N. The summed E-state index contributed by atoms with van der Waals surface area (Å²) in [5.74, 6) is -0.367. The van der Waals surface area contributed by atoms with E-state index in [2.05, 4.69) is 9.71 Å². The molecule has 0 amide bonds. The number of hydrogen-bond donors (Lipinski definition) is 2. The van der Waals surface area contributed by atoms with E-state index in [-0.39, 0.29) is 22.6 Å². The van der Waals surface area contributed by atoms with E-state index in [0.717, 1.165) is 5.56 Å². The summed E-state index contributed by atoms with van der Waals surface area (Å²) in [5, 5.41) is 0. The smallest absolute Gasteiger partial charge is 0.244 e. The maximum absolute atomic E-state index is 12.8. The first-order chi connectivity index (χ1) is 9.88. The molecule has 1 aromatic carbocycles. The molecule has 0 aliphatic rings. The molecule has 0 saturated carbocycles. The fourth-order valence-corrected chi connectivity index (χ4v) is 3.30. The van der Waals surface area contributed by atoms with E-state index in [1.165, 1.54) is 30.5 Å². The van der Waals surface area contributed by atoms with Crippen LogP contribution in [0.2, 0.25) is 0 Å². The van der Waals surface area contributed by atoms with Crippen molar-refractivity contribution in [3.63, 3.8) is 0 Å². The van der Waals surface area contributed by atoms with Gasteiger partial charge in [0.1, 0.15) is 16.5 Å². The van der Waals surface area contributed by atoms with Crippen LogP contribution >= 0.6 is 0 Å². The van der Waals surface area contributed by atoms with Gasteiger partial charge < -0.3 is 5.73 Å². The number of anilines is 1. The number of pyridine rings is 1. The molecule has 1 unspecified atom stereocenters. The van der Waals surface area contributed by atoms with Crippen molar-refractivity contribution < 1.29 is 12.8 Å². The summed E-state index contributed by atoms with van der Waals surface area (Å²) < 4.78 is 39.8. The Kier molecular flexibility index (Phi) is 4.54. The number of nitrogens with one attached hydrogen (secondary N) is 1. The molecule has 0 aliphatic heterocycles. The van der Waals surface area contributed by atoms with Gasteiger partial charge in [-0.2, -0.15) is 0 Å². The molecule has 0 spiro atoms. The van der Waals surface area contributed by atoms with E-state index < -0.39 is 10.0 Å². The molecular formula is C14H16FN3O2S. The normalized spacial score (nSPS) is 13.0. The first-order valence-electron chi connectivity index (χ1n) is 6.36. The number of nitrogen functional groups attached to an aromatic ring is 1. The number of rotatable bonds is 5. The van der Waals surface area contributed by atoms with E-state index in [0.29, 0.717) is 6.42 Å². The number of hydrogen-bond acceptors (Lipinski definition) is 4. The summed E-state index contributed by atoms with van der Waals surface area (Å²) in [7, 11) is -3.73. The lowest BCUT2D eigenvalue weighted by atomic mass is 10.1. The molecular weight excluding hydrogens is 293 g/mol. The van der Waals surface area contributed by atoms with Crippen molar-refractivity contribution >= 4 is 15.8 Å². The lowest BCUT2D eigenvalue weighted by Crippen LogP contribution is -2.34. The summed E-state index contributed by atoms with van der Waals surface area (Å²) in [5.41, 5.74) is 6.42. The van der Waals surface area contributed by atoms with Crippen LogP contribution in [0.3, 0.4) is 0 Å². The maximum atomic E-state index is 12.8. The van der Waals surface area contributed by atoms with Gasteiger partial charge in [0, 0.05) is 12.2 Å². The van der Waals surface area contributed by atoms with Gasteiger partial charge in [-0.1, -0.05) is 12.1 Å². The molecule has 7 heteroatoms. The highest BCUT2D eigenvalue weighted by molar-refractivity contribution is 7.89. The first kappa shape index (κ1) is 15.4. The average molecular weight is 309 g/mol. The van der Waals surface area contributed by atoms with Crippen molar-refractivity contribution in [3.05, 3.63) is 54.0 Å². The fraction of sp³-hybridized carbons (Fsp3) is 0.214. The van der Waals surface area contributed by atoms with E-state index in [9.17, 15) is 12.8 Å². The molecule has 0 saturated heterocycles. The van der Waals surface area contributed by atoms with Crippen LogP contribution in [0.4, 0.5) is 10.2 Å². The molecule has 0 radical (unpaired) electrons. The van der Waals surface area contributed by atoms with Gasteiger partial charge in [0.25, 0.3) is 0 Å². The van der Waals surface area contributed by atoms with Crippen molar-refractivity contribution in [2.45, 2.75) is 24.3 Å². The molecule has 0 fully saturated rings. The second-order valence-electron chi connectivity index (χ2n) is 4.74. The third-order valence-electron chi connectivity index (χ3n) is 2.90. The predicted octanol–water partition coefficient (Wildman–Crippen LogP) is 1.71. The van der Waals surface area contributed by atoms with Crippen LogP contribution in [-0.4, -0.2) is 19.4 Å². The standard InChI is InChI=1S/C14H16FN3O2S/c1-10(9-11-4-6-12(15)7-5-11)18-21(19,20)13-3-2-8-17-14(13)16/h2-8,10,18H,9H2,1H3,(H2,16,17). The van der Waals surface area contributed by atoms with E-state index >= 15 is 0 Å². The minimum atomic E-state index is -3.73. The molecule has 0 aliphatic carbocycles. The maximum Gasteiger partial charge on any atom is 0.244 e. The minimum absolute atomic E-state index is 0.0426. The lowest BCUT2D eigenvalue weighted by Gasteiger charge is -2.15. The summed E-state index contributed by atoms with van der Waals surface area (Å²) in [6.45, 7) is 1.73. The minimum Gasteiger partial charge on any atom is -0.383 e. The highest BCUT2D eigenvalue weighted by atomic mass is 32.2. The molecule has 2 rings (SSSR count). The van der Waals surface area contributed by atoms with Crippen LogP contribution in [0.1, 0.15) is 12.5 Å². The Morgan fingerprint density at radius 1 is 1.29 bits per heavy atom. The Balaban J connectivity index is 2.10. The van der Waals surface area contributed by atoms with E-state index in [1.807, 2.05) is 0 Å². The van der Waals surface area contributed by atoms with Gasteiger partial charge in [0.05, 0.1) is 0 Å². The Hall–Kier alpha value is -1.99. The Morgan fingerprint density at radius 3 is 2.57 bits per heavy atom. The second-order valence-corrected chi connectivity index (χ2v) is 6.42. The number of benzene rings is 1. The van der Waals surface area contributed by atoms with Crippen molar-refractivity contribution in [3.8, 4) is 0 Å². The molecule has 112 valence electrons. The van der Waals surface area contributed by atoms with Crippen LogP contribution in [-0.2, 0) is 16.4 Å². The summed E-state index contributed by atoms with van der Waals surface area (Å²) in [4.78, 5) is 3.72. The zero-order valence-corrected chi connectivity index (χ0v) is 12.3. The summed E-state index contributed by atoms with van der Waals surface area (Å²) >= 11 is 0. The molecule has 3 N–H and O–H groups in total. The molecule has 1 aromatic heterocycles. The van der Waals surface area contributed by atoms with Crippen molar-refractivity contribution in [1.82, 2.24) is 9.71 Å². The van der Waals surface area contributed by atoms with Crippen LogP contribution < -0.4 is 10.5 Å². The van der Waals surface area contributed by atoms with Gasteiger partial charge in [-0.25, -0.2) is 22.5 Å². The number of halogens is 1. The quantitative estimate of drug-likeness (QED) is 0.880. The number of nitrogens with two attached hydrogens (primary N) is 1. The summed E-state index contributed by atoms with van der Waals surface area (Å²) in [6.07, 6.45) is 1.87. The Bertz CT molecular complexity index is 717. The molecule has 21 heavy (non-hydrogen) atoms. The van der Waals surface area contributed by atoms with Crippen LogP contribution in [0.15, 0.2) is 47.5 Å². The van der Waals surface area contributed by atoms with E-state index in [1.54, 1.807) is 19.1 Å². The molecule has 0 bridgehead atoms. The lowest BCUT2D eigenvalue weighted by molar-refractivity contribution is 0.559. The molecule has 5 nitrogen and oxygen atoms in total. The van der Waals surface area contributed by atoms with E-state index in [4.69, 9.17) is 5.73 Å². The fourth-order valence-electron chi connectivity index (χ4n) is 1.97. The third kappa shape index (κ3) is 3.99. The van der Waals surface area contributed by atoms with Crippen molar-refractivity contribution in [2.24, 2.45) is 0 Å². The van der Waals surface area contributed by atoms with Gasteiger partial charge >= 0.3 is 0 Å². The monoisotopic (exact) mass is 309 g/mol. The zero-order chi connectivity index (χ0) is 15.5. The first-order valence-corrected chi connectivity index (χ1v) is 7.84. The van der Waals surface area contributed by atoms with Gasteiger partial charge in [-0.3, -0.25) is 0 Å². The van der Waals surface area contributed by atoms with Gasteiger partial charge in [0.2, 0.25) is 10.0 Å². The Labute approximate surface area is 123 Å². The van der Waals surface area contributed by atoms with Crippen molar-refractivity contribution in [1.29, 1.82) is 0 Å². The van der Waals surface area contributed by atoms with Crippen LogP contribution in [0.25, 0.3) is 0 Å². The summed E-state index contributed by atoms with van der Waals surface area (Å²) in [6, 6.07) is 8.48. The van der Waals surface area contributed by atoms with Gasteiger partial charge in [-0.15, -0.1) is 0 Å². The Morgan fingerprint density at radius 2 is 1.95 bits per heavy atom. The van der Waals surface area contributed by atoms with Gasteiger partial charge in [-0.05, 0) is 43.2 Å². The second kappa shape index (κ2) is 6.19.